The normalized spacial score (nSPS) is 12.1. The Morgan fingerprint density at radius 2 is 2.07 bits per heavy atom. The fourth-order valence-electron chi connectivity index (χ4n) is 1.36. The first-order valence-electron chi connectivity index (χ1n) is 5.31. The lowest BCUT2D eigenvalue weighted by molar-refractivity contribution is -0.120. The number of benzene rings is 1. The van der Waals surface area contributed by atoms with Crippen molar-refractivity contribution in [1.29, 1.82) is 0 Å². The molecule has 1 aromatic carbocycles. The van der Waals surface area contributed by atoms with E-state index in [0.29, 0.717) is 13.0 Å². The van der Waals surface area contributed by atoms with E-state index in [0.717, 1.165) is 12.0 Å². The molecule has 1 aromatic rings. The zero-order valence-electron chi connectivity index (χ0n) is 9.07. The Hall–Kier alpha value is -1.35. The van der Waals surface area contributed by atoms with Crippen molar-refractivity contribution >= 4 is 5.91 Å². The third-order valence-electron chi connectivity index (χ3n) is 2.33. The van der Waals surface area contributed by atoms with Crippen LogP contribution in [0, 0.1) is 0 Å². The molecule has 3 N–H and O–H groups in total. The third-order valence-corrected chi connectivity index (χ3v) is 2.33. The first kappa shape index (κ1) is 11.7. The standard InChI is InChI=1S/C12H18N2O/c1-2-12(15)14-9-8-11(13)10-6-4-3-5-7-10/h3-7,11H,2,8-9,13H2,1H3,(H,14,15). The number of hydrogen-bond acceptors (Lipinski definition) is 2. The minimum Gasteiger partial charge on any atom is -0.356 e. The molecule has 82 valence electrons. The average Bonchev–Trinajstić information content (AvgIpc) is 2.29. The van der Waals surface area contributed by atoms with E-state index in [2.05, 4.69) is 5.32 Å². The van der Waals surface area contributed by atoms with Gasteiger partial charge in [-0.15, -0.1) is 0 Å². The predicted octanol–water partition coefficient (Wildman–Crippen LogP) is 1.60. The number of nitrogens with two attached hydrogens (primary N) is 1. The maximum Gasteiger partial charge on any atom is 0.219 e. The van der Waals surface area contributed by atoms with Crippen molar-refractivity contribution < 1.29 is 4.79 Å². The van der Waals surface area contributed by atoms with Gasteiger partial charge in [0, 0.05) is 19.0 Å². The van der Waals surface area contributed by atoms with Crippen LogP contribution in [0.1, 0.15) is 31.4 Å². The molecule has 3 heteroatoms. The lowest BCUT2D eigenvalue weighted by Crippen LogP contribution is -2.26. The summed E-state index contributed by atoms with van der Waals surface area (Å²) in [5.74, 6) is 0.0789. The van der Waals surface area contributed by atoms with E-state index in [-0.39, 0.29) is 11.9 Å². The number of carbonyl (C=O) groups is 1. The molecule has 0 aliphatic rings. The molecule has 3 nitrogen and oxygen atoms in total. The zero-order valence-corrected chi connectivity index (χ0v) is 9.07. The SMILES string of the molecule is CCC(=O)NCCC(N)c1ccccc1. The van der Waals surface area contributed by atoms with Crippen LogP contribution in [-0.2, 0) is 4.79 Å². The van der Waals surface area contributed by atoms with E-state index in [1.807, 2.05) is 37.3 Å². The highest BCUT2D eigenvalue weighted by molar-refractivity contribution is 5.75. The molecule has 15 heavy (non-hydrogen) atoms. The minimum absolute atomic E-state index is 0.00311. The Morgan fingerprint density at radius 3 is 2.67 bits per heavy atom. The van der Waals surface area contributed by atoms with Crippen LogP contribution < -0.4 is 11.1 Å². The van der Waals surface area contributed by atoms with Gasteiger partial charge in [0.05, 0.1) is 0 Å². The second kappa shape index (κ2) is 6.19. The van der Waals surface area contributed by atoms with Gasteiger partial charge in [-0.3, -0.25) is 4.79 Å². The van der Waals surface area contributed by atoms with Crippen molar-refractivity contribution in [1.82, 2.24) is 5.32 Å². The molecule has 1 rings (SSSR count). The molecule has 1 amide bonds. The molecule has 0 aliphatic carbocycles. The van der Waals surface area contributed by atoms with Gasteiger partial charge in [0.1, 0.15) is 0 Å². The molecular formula is C12H18N2O. The van der Waals surface area contributed by atoms with Crippen molar-refractivity contribution in [3.05, 3.63) is 35.9 Å². The monoisotopic (exact) mass is 206 g/mol. The van der Waals surface area contributed by atoms with Crippen LogP contribution >= 0.6 is 0 Å². The molecule has 0 spiro atoms. The summed E-state index contributed by atoms with van der Waals surface area (Å²) in [6, 6.07) is 9.93. The lowest BCUT2D eigenvalue weighted by atomic mass is 10.1. The summed E-state index contributed by atoms with van der Waals surface area (Å²) in [5.41, 5.74) is 7.09. The summed E-state index contributed by atoms with van der Waals surface area (Å²) in [4.78, 5) is 11.0. The third kappa shape index (κ3) is 4.13. The molecular weight excluding hydrogens is 188 g/mol. The summed E-state index contributed by atoms with van der Waals surface area (Å²) in [6.07, 6.45) is 1.30. The van der Waals surface area contributed by atoms with Gasteiger partial charge >= 0.3 is 0 Å². The molecule has 0 heterocycles. The maximum absolute atomic E-state index is 11.0. The summed E-state index contributed by atoms with van der Waals surface area (Å²) in [7, 11) is 0. The number of rotatable bonds is 5. The van der Waals surface area contributed by atoms with E-state index < -0.39 is 0 Å². The van der Waals surface area contributed by atoms with Gasteiger partial charge in [0.2, 0.25) is 5.91 Å². The molecule has 0 fully saturated rings. The van der Waals surface area contributed by atoms with Crippen LogP contribution in [0.25, 0.3) is 0 Å². The fraction of sp³-hybridized carbons (Fsp3) is 0.417. The molecule has 0 radical (unpaired) electrons. The van der Waals surface area contributed by atoms with Gasteiger partial charge < -0.3 is 11.1 Å². The summed E-state index contributed by atoms with van der Waals surface area (Å²) >= 11 is 0. The van der Waals surface area contributed by atoms with E-state index in [9.17, 15) is 4.79 Å². The molecule has 0 aliphatic heterocycles. The second-order valence-corrected chi connectivity index (χ2v) is 3.51. The second-order valence-electron chi connectivity index (χ2n) is 3.51. The van der Waals surface area contributed by atoms with Crippen molar-refractivity contribution in [3.63, 3.8) is 0 Å². The van der Waals surface area contributed by atoms with Crippen molar-refractivity contribution in [2.45, 2.75) is 25.8 Å². The topological polar surface area (TPSA) is 55.1 Å². The van der Waals surface area contributed by atoms with E-state index in [1.165, 1.54) is 0 Å². The highest BCUT2D eigenvalue weighted by atomic mass is 16.1. The van der Waals surface area contributed by atoms with Gasteiger partial charge in [-0.1, -0.05) is 37.3 Å². The Morgan fingerprint density at radius 1 is 1.40 bits per heavy atom. The Balaban J connectivity index is 2.31. The first-order chi connectivity index (χ1) is 7.24. The van der Waals surface area contributed by atoms with E-state index in [4.69, 9.17) is 5.73 Å². The lowest BCUT2D eigenvalue weighted by Gasteiger charge is -2.12. The quantitative estimate of drug-likeness (QED) is 0.769. The Labute approximate surface area is 90.7 Å². The van der Waals surface area contributed by atoms with Crippen molar-refractivity contribution in [2.75, 3.05) is 6.54 Å². The molecule has 0 aromatic heterocycles. The first-order valence-corrected chi connectivity index (χ1v) is 5.31. The largest absolute Gasteiger partial charge is 0.356 e. The molecule has 0 bridgehead atoms. The number of nitrogens with one attached hydrogen (secondary N) is 1. The van der Waals surface area contributed by atoms with Crippen molar-refractivity contribution in [3.8, 4) is 0 Å². The van der Waals surface area contributed by atoms with Gasteiger partial charge in [-0.05, 0) is 12.0 Å². The number of amides is 1. The Kier molecular flexibility index (Phi) is 4.84. The van der Waals surface area contributed by atoms with Crippen LogP contribution in [-0.4, -0.2) is 12.5 Å². The van der Waals surface area contributed by atoms with Crippen LogP contribution in [0.3, 0.4) is 0 Å². The number of hydrogen-bond donors (Lipinski definition) is 2. The fourth-order valence-corrected chi connectivity index (χ4v) is 1.36. The predicted molar refractivity (Wildman–Crippen MR) is 61.3 cm³/mol. The zero-order chi connectivity index (χ0) is 11.1. The molecule has 0 saturated heterocycles. The number of carbonyl (C=O) groups excluding carboxylic acids is 1. The smallest absolute Gasteiger partial charge is 0.219 e. The summed E-state index contributed by atoms with van der Waals surface area (Å²) in [6.45, 7) is 2.48. The summed E-state index contributed by atoms with van der Waals surface area (Å²) in [5, 5.41) is 2.81. The maximum atomic E-state index is 11.0. The highest BCUT2D eigenvalue weighted by Gasteiger charge is 2.05. The van der Waals surface area contributed by atoms with Crippen LogP contribution in [0.15, 0.2) is 30.3 Å². The van der Waals surface area contributed by atoms with E-state index >= 15 is 0 Å². The van der Waals surface area contributed by atoms with Gasteiger partial charge in [-0.25, -0.2) is 0 Å². The van der Waals surface area contributed by atoms with Gasteiger partial charge in [-0.2, -0.15) is 0 Å². The molecule has 1 atom stereocenters. The summed E-state index contributed by atoms with van der Waals surface area (Å²) < 4.78 is 0. The molecule has 0 saturated carbocycles. The van der Waals surface area contributed by atoms with Gasteiger partial charge in [0.15, 0.2) is 0 Å². The Bertz CT molecular complexity index is 298. The minimum atomic E-state index is 0.00311. The average molecular weight is 206 g/mol. The highest BCUT2D eigenvalue weighted by Crippen LogP contribution is 2.11. The van der Waals surface area contributed by atoms with Crippen LogP contribution in [0.5, 0.6) is 0 Å². The van der Waals surface area contributed by atoms with Crippen molar-refractivity contribution in [2.24, 2.45) is 5.73 Å². The van der Waals surface area contributed by atoms with E-state index in [1.54, 1.807) is 0 Å². The van der Waals surface area contributed by atoms with Crippen LogP contribution in [0.4, 0.5) is 0 Å². The molecule has 1 unspecified atom stereocenters. The van der Waals surface area contributed by atoms with Gasteiger partial charge in [0.25, 0.3) is 0 Å². The van der Waals surface area contributed by atoms with Crippen LogP contribution in [0.2, 0.25) is 0 Å².